The number of para-hydroxylation sites is 1. The van der Waals surface area contributed by atoms with E-state index < -0.39 is 12.1 Å². The van der Waals surface area contributed by atoms with Crippen LogP contribution < -0.4 is 15.4 Å². The number of likely N-dealkylation sites (N-methyl/N-ethyl adjacent to an activating group) is 1. The molecule has 0 spiro atoms. The van der Waals surface area contributed by atoms with Gasteiger partial charge in [0.25, 0.3) is 11.8 Å². The third-order valence-corrected chi connectivity index (χ3v) is 7.80. The van der Waals surface area contributed by atoms with Gasteiger partial charge in [0.05, 0.1) is 30.4 Å². The fraction of sp³-hybridized carbons (Fsp3) is 0.400. The number of aliphatic hydroxyl groups is 1. The van der Waals surface area contributed by atoms with Crippen LogP contribution in [0.1, 0.15) is 48.4 Å². The summed E-state index contributed by atoms with van der Waals surface area (Å²) in [5, 5.41) is 18.5. The number of amides is 4. The maximum atomic E-state index is 13.7. The van der Waals surface area contributed by atoms with Gasteiger partial charge in [-0.25, -0.2) is 9.78 Å². The Morgan fingerprint density at radius 3 is 2.56 bits per heavy atom. The molecule has 3 atom stereocenters. The maximum absolute atomic E-state index is 13.7. The van der Waals surface area contributed by atoms with Gasteiger partial charge in [0.1, 0.15) is 11.1 Å². The van der Waals surface area contributed by atoms with Crippen LogP contribution >= 0.6 is 11.3 Å². The average Bonchev–Trinajstić information content (AvgIpc) is 3.49. The van der Waals surface area contributed by atoms with Crippen molar-refractivity contribution in [2.24, 2.45) is 5.92 Å². The normalized spacial score (nSPS) is 17.6. The molecule has 41 heavy (non-hydrogen) atoms. The Morgan fingerprint density at radius 1 is 1.20 bits per heavy atom. The molecule has 0 saturated carbocycles. The zero-order valence-corrected chi connectivity index (χ0v) is 24.8. The van der Waals surface area contributed by atoms with Crippen LogP contribution in [0, 0.1) is 5.92 Å². The van der Waals surface area contributed by atoms with Gasteiger partial charge in [-0.2, -0.15) is 0 Å². The van der Waals surface area contributed by atoms with E-state index in [1.165, 1.54) is 11.3 Å². The Hall–Kier alpha value is -3.96. The van der Waals surface area contributed by atoms with E-state index in [1.54, 1.807) is 60.3 Å². The van der Waals surface area contributed by atoms with Crippen LogP contribution in [-0.2, 0) is 0 Å². The first-order valence-corrected chi connectivity index (χ1v) is 14.5. The Balaban J connectivity index is 1.66. The van der Waals surface area contributed by atoms with Crippen molar-refractivity contribution >= 4 is 34.9 Å². The highest BCUT2D eigenvalue weighted by Gasteiger charge is 2.35. The van der Waals surface area contributed by atoms with Crippen LogP contribution in [0.4, 0.5) is 10.5 Å². The van der Waals surface area contributed by atoms with Gasteiger partial charge in [0.2, 0.25) is 0 Å². The number of carbonyl (C=O) groups is 3. The number of nitrogens with zero attached hydrogens (tertiary/aromatic N) is 3. The molecule has 3 N–H and O–H groups in total. The lowest BCUT2D eigenvalue weighted by molar-refractivity contribution is 0.0368. The second-order valence-corrected chi connectivity index (χ2v) is 11.6. The Kier molecular flexibility index (Phi) is 9.61. The van der Waals surface area contributed by atoms with Gasteiger partial charge < -0.3 is 30.3 Å². The number of aromatic nitrogens is 1. The van der Waals surface area contributed by atoms with Gasteiger partial charge in [-0.05, 0) is 45.0 Å². The molecule has 218 valence electrons. The summed E-state index contributed by atoms with van der Waals surface area (Å²) in [4.78, 5) is 47.1. The molecule has 4 amide bonds. The van der Waals surface area contributed by atoms with Gasteiger partial charge in [0, 0.05) is 48.3 Å². The van der Waals surface area contributed by atoms with Gasteiger partial charge in [-0.15, -0.1) is 11.3 Å². The van der Waals surface area contributed by atoms with Crippen molar-refractivity contribution in [3.8, 4) is 16.3 Å². The third kappa shape index (κ3) is 7.04. The number of ether oxygens (including phenoxy) is 1. The third-order valence-electron chi connectivity index (χ3n) is 6.98. The number of anilines is 1. The Bertz CT molecular complexity index is 1360. The number of hydrogen-bond donors (Lipinski definition) is 3. The molecule has 0 aliphatic carbocycles. The summed E-state index contributed by atoms with van der Waals surface area (Å²) in [5.41, 5.74) is 1.96. The summed E-state index contributed by atoms with van der Waals surface area (Å²) in [6, 6.07) is 11.4. The first-order valence-electron chi connectivity index (χ1n) is 13.6. The van der Waals surface area contributed by atoms with Crippen LogP contribution in [0.3, 0.4) is 0 Å². The summed E-state index contributed by atoms with van der Waals surface area (Å²) < 4.78 is 6.49. The van der Waals surface area contributed by atoms with Crippen molar-refractivity contribution in [3.05, 3.63) is 65.2 Å². The molecule has 0 unspecified atom stereocenters. The lowest BCUT2D eigenvalue weighted by Crippen LogP contribution is -2.51. The number of benzene rings is 2. The predicted octanol–water partition coefficient (Wildman–Crippen LogP) is 4.33. The highest BCUT2D eigenvalue weighted by atomic mass is 32.1. The van der Waals surface area contributed by atoms with Crippen LogP contribution in [0.15, 0.2) is 54.0 Å². The van der Waals surface area contributed by atoms with E-state index in [1.807, 2.05) is 38.3 Å². The summed E-state index contributed by atoms with van der Waals surface area (Å²) in [7, 11) is 1.69. The molecule has 0 bridgehead atoms. The second-order valence-electron chi connectivity index (χ2n) is 10.7. The number of urea groups is 1. The minimum Gasteiger partial charge on any atom is -0.485 e. The quantitative estimate of drug-likeness (QED) is 0.365. The van der Waals surface area contributed by atoms with E-state index in [2.05, 4.69) is 15.6 Å². The molecular weight excluding hydrogens is 542 g/mol. The van der Waals surface area contributed by atoms with Crippen LogP contribution in [-0.4, -0.2) is 82.7 Å². The van der Waals surface area contributed by atoms with Crippen molar-refractivity contribution in [1.82, 2.24) is 20.1 Å². The zero-order valence-electron chi connectivity index (χ0n) is 24.0. The second kappa shape index (κ2) is 13.1. The highest BCUT2D eigenvalue weighted by molar-refractivity contribution is 7.13. The monoisotopic (exact) mass is 579 g/mol. The number of aliphatic hydroxyl groups excluding tert-OH is 1. The molecular formula is C30H37N5O5S. The first-order chi connectivity index (χ1) is 19.6. The van der Waals surface area contributed by atoms with Crippen molar-refractivity contribution in [1.29, 1.82) is 0 Å². The van der Waals surface area contributed by atoms with Crippen LogP contribution in [0.5, 0.6) is 5.75 Å². The molecule has 3 aromatic rings. The van der Waals surface area contributed by atoms with E-state index in [0.717, 1.165) is 10.6 Å². The predicted molar refractivity (Wildman–Crippen MR) is 159 cm³/mol. The largest absolute Gasteiger partial charge is 0.485 e. The Morgan fingerprint density at radius 2 is 1.93 bits per heavy atom. The first kappa shape index (κ1) is 30.0. The fourth-order valence-electron chi connectivity index (χ4n) is 4.59. The Labute approximate surface area is 244 Å². The van der Waals surface area contributed by atoms with Crippen LogP contribution in [0.25, 0.3) is 10.6 Å². The number of nitrogens with one attached hydrogen (secondary N) is 2. The molecule has 10 nitrogen and oxygen atoms in total. The van der Waals surface area contributed by atoms with Gasteiger partial charge >= 0.3 is 6.03 Å². The minimum atomic E-state index is -0.506. The molecule has 2 heterocycles. The topological polar surface area (TPSA) is 124 Å². The standard InChI is InChI=1S/C30H37N5O5S/c1-18(2)32-30(39)34(5)16-25-19(3)15-35(20(4)17-36)29(38)23-7-6-8-24(26(23)40-25)33-27(37)21-9-11-22(12-10-21)28-31-13-14-41-28/h6-14,18-20,25,36H,15-17H2,1-5H3,(H,32,39)(H,33,37)/t19-,20-,25+/m1/s1. The van der Waals surface area contributed by atoms with Crippen molar-refractivity contribution in [2.75, 3.05) is 32.1 Å². The fourth-order valence-corrected chi connectivity index (χ4v) is 5.24. The van der Waals surface area contributed by atoms with Crippen molar-refractivity contribution in [2.45, 2.75) is 45.9 Å². The molecule has 0 radical (unpaired) electrons. The molecule has 0 fully saturated rings. The van der Waals surface area contributed by atoms with Crippen molar-refractivity contribution in [3.63, 3.8) is 0 Å². The lowest BCUT2D eigenvalue weighted by atomic mass is 9.99. The van der Waals surface area contributed by atoms with Crippen molar-refractivity contribution < 1.29 is 24.2 Å². The SMILES string of the molecule is CC(C)NC(=O)N(C)C[C@@H]1Oc2c(NC(=O)c3ccc(-c4nccs4)cc3)cccc2C(=O)N([C@H](C)CO)C[C@H]1C. The van der Waals surface area contributed by atoms with Gasteiger partial charge in [-0.1, -0.05) is 25.1 Å². The molecule has 2 aromatic carbocycles. The number of rotatable bonds is 8. The van der Waals surface area contributed by atoms with E-state index in [-0.39, 0.29) is 54.3 Å². The average molecular weight is 580 g/mol. The zero-order chi connectivity index (χ0) is 29.7. The van der Waals surface area contributed by atoms with E-state index in [9.17, 15) is 19.5 Å². The summed E-state index contributed by atoms with van der Waals surface area (Å²) in [5.74, 6) is -0.630. The molecule has 1 aliphatic rings. The smallest absolute Gasteiger partial charge is 0.317 e. The van der Waals surface area contributed by atoms with E-state index in [0.29, 0.717) is 17.8 Å². The molecule has 0 saturated heterocycles. The van der Waals surface area contributed by atoms with E-state index in [4.69, 9.17) is 4.74 Å². The van der Waals surface area contributed by atoms with Crippen LogP contribution in [0.2, 0.25) is 0 Å². The van der Waals surface area contributed by atoms with E-state index >= 15 is 0 Å². The number of carbonyl (C=O) groups excluding carboxylic acids is 3. The highest BCUT2D eigenvalue weighted by Crippen LogP contribution is 2.35. The maximum Gasteiger partial charge on any atom is 0.317 e. The lowest BCUT2D eigenvalue weighted by Gasteiger charge is -2.38. The number of thiazole rings is 1. The molecule has 4 rings (SSSR count). The number of hydrogen-bond acceptors (Lipinski definition) is 7. The minimum absolute atomic E-state index is 0.0303. The molecule has 11 heteroatoms. The summed E-state index contributed by atoms with van der Waals surface area (Å²) in [6.45, 7) is 7.87. The summed E-state index contributed by atoms with van der Waals surface area (Å²) >= 11 is 1.52. The van der Waals surface area contributed by atoms with Gasteiger partial charge in [0.15, 0.2) is 5.75 Å². The van der Waals surface area contributed by atoms with Gasteiger partial charge in [-0.3, -0.25) is 9.59 Å². The molecule has 1 aromatic heterocycles. The molecule has 1 aliphatic heterocycles. The number of fused-ring (bicyclic) bond motifs is 1. The summed E-state index contributed by atoms with van der Waals surface area (Å²) in [6.07, 6.45) is 1.23.